The summed E-state index contributed by atoms with van der Waals surface area (Å²) < 4.78 is 0. The molecule has 1 aliphatic rings. The summed E-state index contributed by atoms with van der Waals surface area (Å²) in [7, 11) is 1.57. The summed E-state index contributed by atoms with van der Waals surface area (Å²) in [6.45, 7) is 5.58. The summed E-state index contributed by atoms with van der Waals surface area (Å²) in [6, 6.07) is -0.769. The molecule has 0 aromatic carbocycles. The molecule has 5 nitrogen and oxygen atoms in total. The molecule has 0 aromatic heterocycles. The minimum Gasteiger partial charge on any atom is -0.480 e. The summed E-state index contributed by atoms with van der Waals surface area (Å²) in [5.41, 5.74) is 0. The number of likely N-dealkylation sites (N-methyl/N-ethyl adjacent to an activating group) is 1. The van der Waals surface area contributed by atoms with E-state index in [1.54, 1.807) is 7.05 Å². The van der Waals surface area contributed by atoms with Gasteiger partial charge in [-0.1, -0.05) is 19.8 Å². The van der Waals surface area contributed by atoms with E-state index in [-0.39, 0.29) is 17.7 Å². The van der Waals surface area contributed by atoms with Gasteiger partial charge in [-0.2, -0.15) is 0 Å². The monoisotopic (exact) mass is 266 g/mol. The smallest absolute Gasteiger partial charge is 0.326 e. The molecule has 5 heteroatoms. The van der Waals surface area contributed by atoms with Crippen molar-refractivity contribution < 1.29 is 14.7 Å². The van der Waals surface area contributed by atoms with Crippen LogP contribution in [-0.2, 0) is 9.59 Å². The fourth-order valence-electron chi connectivity index (χ4n) is 2.63. The Labute approximate surface area is 114 Å². The lowest BCUT2D eigenvalue weighted by molar-refractivity contribution is -0.152. The van der Waals surface area contributed by atoms with E-state index < -0.39 is 12.0 Å². The van der Waals surface area contributed by atoms with Gasteiger partial charge in [0, 0.05) is 13.6 Å². The largest absolute Gasteiger partial charge is 0.480 e. The van der Waals surface area contributed by atoms with Gasteiger partial charge in [-0.05, 0) is 18.9 Å². The van der Waals surface area contributed by atoms with Gasteiger partial charge in [-0.3, -0.25) is 9.69 Å². The molecule has 0 aromatic rings. The first-order valence-corrected chi connectivity index (χ1v) is 6.53. The zero-order chi connectivity index (χ0) is 14.6. The molecule has 1 unspecified atom stereocenters. The summed E-state index contributed by atoms with van der Waals surface area (Å²) in [4.78, 5) is 27.0. The van der Waals surface area contributed by atoms with Crippen molar-refractivity contribution in [3.63, 3.8) is 0 Å². The van der Waals surface area contributed by atoms with Crippen LogP contribution in [0.4, 0.5) is 0 Å². The van der Waals surface area contributed by atoms with Crippen molar-refractivity contribution in [1.82, 2.24) is 9.80 Å². The minimum absolute atomic E-state index is 0.0966. The zero-order valence-electron chi connectivity index (χ0n) is 11.8. The molecule has 1 amide bonds. The summed E-state index contributed by atoms with van der Waals surface area (Å²) in [5.74, 6) is 1.26. The molecule has 106 valence electrons. The van der Waals surface area contributed by atoms with Crippen LogP contribution in [0.1, 0.15) is 20.3 Å². The molecule has 1 aliphatic heterocycles. The predicted molar refractivity (Wildman–Crippen MR) is 72.4 cm³/mol. The fraction of sp³-hybridized carbons (Fsp3) is 0.714. The van der Waals surface area contributed by atoms with Crippen LogP contribution in [-0.4, -0.2) is 59.5 Å². The molecule has 0 saturated carbocycles. The number of carbonyl (C=O) groups excluding carboxylic acids is 1. The number of terminal acetylenes is 1. The Bertz CT molecular complexity index is 387. The molecule has 2 atom stereocenters. The summed E-state index contributed by atoms with van der Waals surface area (Å²) in [5, 5.41) is 9.21. The number of carboxylic acids is 1. The van der Waals surface area contributed by atoms with Crippen LogP contribution in [0.3, 0.4) is 0 Å². The van der Waals surface area contributed by atoms with Crippen molar-refractivity contribution >= 4 is 11.9 Å². The average molecular weight is 266 g/mol. The number of rotatable bonds is 5. The highest BCUT2D eigenvalue weighted by atomic mass is 16.4. The number of hydrogen-bond acceptors (Lipinski definition) is 3. The van der Waals surface area contributed by atoms with Gasteiger partial charge < -0.3 is 10.0 Å². The number of aliphatic carboxylic acids is 1. The van der Waals surface area contributed by atoms with E-state index in [4.69, 9.17) is 6.42 Å². The first-order chi connectivity index (χ1) is 8.88. The standard InChI is InChI=1S/C14H22N2O3/c1-5-7-16-8-6-11(9-16)13(17)15(4)12(10(2)3)14(18)19/h1,10-12H,6-9H2,2-4H3,(H,18,19)/t11-,12?/m0/s1. The molecular weight excluding hydrogens is 244 g/mol. The quantitative estimate of drug-likeness (QED) is 0.737. The molecule has 19 heavy (non-hydrogen) atoms. The Kier molecular flexibility index (Phi) is 5.37. The Balaban J connectivity index is 2.67. The van der Waals surface area contributed by atoms with Gasteiger partial charge in [0.15, 0.2) is 0 Å². The lowest BCUT2D eigenvalue weighted by Crippen LogP contribution is -2.48. The Morgan fingerprint density at radius 1 is 1.53 bits per heavy atom. The number of hydrogen-bond donors (Lipinski definition) is 1. The Morgan fingerprint density at radius 3 is 2.63 bits per heavy atom. The van der Waals surface area contributed by atoms with Gasteiger partial charge in [-0.25, -0.2) is 4.79 Å². The molecule has 1 saturated heterocycles. The third-order valence-corrected chi connectivity index (χ3v) is 3.59. The lowest BCUT2D eigenvalue weighted by Gasteiger charge is -2.29. The van der Waals surface area contributed by atoms with E-state index >= 15 is 0 Å². The number of nitrogens with zero attached hydrogens (tertiary/aromatic N) is 2. The van der Waals surface area contributed by atoms with Crippen molar-refractivity contribution in [3.05, 3.63) is 0 Å². The molecule has 0 bridgehead atoms. The van der Waals surface area contributed by atoms with Crippen molar-refractivity contribution in [1.29, 1.82) is 0 Å². The van der Waals surface area contributed by atoms with Gasteiger partial charge in [-0.15, -0.1) is 6.42 Å². The fourth-order valence-corrected chi connectivity index (χ4v) is 2.63. The highest BCUT2D eigenvalue weighted by molar-refractivity contribution is 5.85. The molecule has 1 fully saturated rings. The molecule has 1 heterocycles. The SMILES string of the molecule is C#CCN1CC[C@H](C(=O)N(C)C(C(=O)O)C(C)C)C1. The number of amides is 1. The molecule has 0 aliphatic carbocycles. The van der Waals surface area contributed by atoms with Crippen LogP contribution in [0.15, 0.2) is 0 Å². The van der Waals surface area contributed by atoms with Gasteiger partial charge in [0.25, 0.3) is 0 Å². The maximum absolute atomic E-state index is 12.3. The molecule has 1 rings (SSSR count). The second-order valence-electron chi connectivity index (χ2n) is 5.40. The van der Waals surface area contributed by atoms with E-state index in [9.17, 15) is 14.7 Å². The normalized spacial score (nSPS) is 21.1. The molecule has 1 N–H and O–H groups in total. The van der Waals surface area contributed by atoms with E-state index in [0.717, 1.165) is 13.0 Å². The van der Waals surface area contributed by atoms with Crippen LogP contribution in [0.5, 0.6) is 0 Å². The second-order valence-corrected chi connectivity index (χ2v) is 5.40. The summed E-state index contributed by atoms with van der Waals surface area (Å²) >= 11 is 0. The molecule has 0 spiro atoms. The van der Waals surface area contributed by atoms with E-state index in [1.165, 1.54) is 4.90 Å². The second kappa shape index (κ2) is 6.58. The first-order valence-electron chi connectivity index (χ1n) is 6.53. The van der Waals surface area contributed by atoms with Gasteiger partial charge in [0.2, 0.25) is 5.91 Å². The first kappa shape index (κ1) is 15.5. The highest BCUT2D eigenvalue weighted by Gasteiger charge is 2.35. The van der Waals surface area contributed by atoms with Crippen molar-refractivity contribution in [3.8, 4) is 12.3 Å². The van der Waals surface area contributed by atoms with Gasteiger partial charge in [0.1, 0.15) is 6.04 Å². The lowest BCUT2D eigenvalue weighted by atomic mass is 10.0. The van der Waals surface area contributed by atoms with Crippen LogP contribution in [0, 0.1) is 24.2 Å². The predicted octanol–water partition coefficient (Wildman–Crippen LogP) is 0.509. The molecular formula is C14H22N2O3. The van der Waals surface area contributed by atoms with Gasteiger partial charge in [0.05, 0.1) is 12.5 Å². The average Bonchev–Trinajstić information content (AvgIpc) is 2.76. The van der Waals surface area contributed by atoms with E-state index in [1.807, 2.05) is 18.7 Å². The van der Waals surface area contributed by atoms with E-state index in [2.05, 4.69) is 5.92 Å². The highest BCUT2D eigenvalue weighted by Crippen LogP contribution is 2.20. The van der Waals surface area contributed by atoms with E-state index in [0.29, 0.717) is 13.1 Å². The third-order valence-electron chi connectivity index (χ3n) is 3.59. The van der Waals surface area contributed by atoms with Crippen LogP contribution in [0.2, 0.25) is 0 Å². The van der Waals surface area contributed by atoms with Crippen molar-refractivity contribution in [2.24, 2.45) is 11.8 Å². The minimum atomic E-state index is -0.954. The molecule has 0 radical (unpaired) electrons. The Hall–Kier alpha value is -1.54. The summed E-state index contributed by atoms with van der Waals surface area (Å²) in [6.07, 6.45) is 6.00. The van der Waals surface area contributed by atoms with Crippen LogP contribution < -0.4 is 0 Å². The number of likely N-dealkylation sites (tertiary alicyclic amines) is 1. The topological polar surface area (TPSA) is 60.9 Å². The zero-order valence-corrected chi connectivity index (χ0v) is 11.8. The van der Waals surface area contributed by atoms with Crippen molar-refractivity contribution in [2.75, 3.05) is 26.7 Å². The number of carbonyl (C=O) groups is 2. The van der Waals surface area contributed by atoms with Crippen molar-refractivity contribution in [2.45, 2.75) is 26.3 Å². The third kappa shape index (κ3) is 3.71. The number of carboxylic acid groups (broad SMARTS) is 1. The Morgan fingerprint density at radius 2 is 2.16 bits per heavy atom. The van der Waals surface area contributed by atoms with Gasteiger partial charge >= 0.3 is 5.97 Å². The van der Waals surface area contributed by atoms with Crippen LogP contribution in [0.25, 0.3) is 0 Å². The van der Waals surface area contributed by atoms with Crippen LogP contribution >= 0.6 is 0 Å². The maximum atomic E-state index is 12.3. The maximum Gasteiger partial charge on any atom is 0.326 e.